The summed E-state index contributed by atoms with van der Waals surface area (Å²) >= 11 is 0. The van der Waals surface area contributed by atoms with Crippen molar-refractivity contribution in [2.24, 2.45) is 0 Å². The van der Waals surface area contributed by atoms with Crippen LogP contribution in [-0.2, 0) is 11.2 Å². The standard InChI is InChI=1S/C12H15NO/c1-3-10(2)13-12(14)9-11-7-5-4-6-8-11/h3-8H,9H2,1-2H3,(H,13,14)/b10-3+. The molecule has 0 aromatic heterocycles. The van der Waals surface area contributed by atoms with Crippen molar-refractivity contribution < 1.29 is 4.79 Å². The summed E-state index contributed by atoms with van der Waals surface area (Å²) in [6.45, 7) is 3.78. The topological polar surface area (TPSA) is 29.1 Å². The Kier molecular flexibility index (Phi) is 3.92. The van der Waals surface area contributed by atoms with Gasteiger partial charge in [-0.3, -0.25) is 4.79 Å². The molecule has 0 aliphatic heterocycles. The monoisotopic (exact) mass is 189 g/mol. The molecule has 1 aromatic carbocycles. The molecule has 0 spiro atoms. The second kappa shape index (κ2) is 5.22. The number of hydrogen-bond acceptors (Lipinski definition) is 1. The fourth-order valence-corrected chi connectivity index (χ4v) is 1.12. The van der Waals surface area contributed by atoms with Crippen LogP contribution >= 0.6 is 0 Å². The van der Waals surface area contributed by atoms with Gasteiger partial charge in [0.25, 0.3) is 0 Å². The van der Waals surface area contributed by atoms with Crippen LogP contribution in [0.25, 0.3) is 0 Å². The molecule has 0 fully saturated rings. The van der Waals surface area contributed by atoms with E-state index in [-0.39, 0.29) is 5.91 Å². The van der Waals surface area contributed by atoms with Crippen molar-refractivity contribution in [3.8, 4) is 0 Å². The molecule has 74 valence electrons. The quantitative estimate of drug-likeness (QED) is 0.776. The van der Waals surface area contributed by atoms with Gasteiger partial charge in [-0.15, -0.1) is 0 Å². The molecule has 0 saturated heterocycles. The minimum atomic E-state index is 0.0341. The van der Waals surface area contributed by atoms with Gasteiger partial charge in [0.2, 0.25) is 5.91 Å². The highest BCUT2D eigenvalue weighted by atomic mass is 16.1. The Balaban J connectivity index is 2.50. The SMILES string of the molecule is C/C=C(\C)NC(=O)Cc1ccccc1. The smallest absolute Gasteiger partial charge is 0.228 e. The summed E-state index contributed by atoms with van der Waals surface area (Å²) in [6.07, 6.45) is 2.31. The lowest BCUT2D eigenvalue weighted by Gasteiger charge is -2.04. The van der Waals surface area contributed by atoms with E-state index in [1.54, 1.807) is 0 Å². The van der Waals surface area contributed by atoms with E-state index in [4.69, 9.17) is 0 Å². The van der Waals surface area contributed by atoms with Crippen LogP contribution in [-0.4, -0.2) is 5.91 Å². The first kappa shape index (κ1) is 10.5. The summed E-state index contributed by atoms with van der Waals surface area (Å²) < 4.78 is 0. The lowest BCUT2D eigenvalue weighted by atomic mass is 10.1. The van der Waals surface area contributed by atoms with Crippen LogP contribution in [0.1, 0.15) is 19.4 Å². The van der Waals surface area contributed by atoms with E-state index < -0.39 is 0 Å². The maximum absolute atomic E-state index is 11.4. The summed E-state index contributed by atoms with van der Waals surface area (Å²) in [5, 5.41) is 2.80. The van der Waals surface area contributed by atoms with E-state index in [1.165, 1.54) is 0 Å². The summed E-state index contributed by atoms with van der Waals surface area (Å²) in [6, 6.07) is 9.71. The van der Waals surface area contributed by atoms with Gasteiger partial charge in [0.15, 0.2) is 0 Å². The first-order chi connectivity index (χ1) is 6.72. The average molecular weight is 189 g/mol. The average Bonchev–Trinajstić information content (AvgIpc) is 2.19. The van der Waals surface area contributed by atoms with Gasteiger partial charge in [-0.05, 0) is 19.4 Å². The van der Waals surface area contributed by atoms with E-state index in [0.717, 1.165) is 11.3 Å². The van der Waals surface area contributed by atoms with Gasteiger partial charge in [-0.2, -0.15) is 0 Å². The van der Waals surface area contributed by atoms with Crippen LogP contribution in [0.15, 0.2) is 42.1 Å². The summed E-state index contributed by atoms with van der Waals surface area (Å²) in [5.41, 5.74) is 1.93. The third-order valence-electron chi connectivity index (χ3n) is 1.98. The molecule has 2 nitrogen and oxygen atoms in total. The number of carbonyl (C=O) groups is 1. The molecule has 1 rings (SSSR count). The highest BCUT2D eigenvalue weighted by Crippen LogP contribution is 1.99. The zero-order valence-corrected chi connectivity index (χ0v) is 8.58. The fourth-order valence-electron chi connectivity index (χ4n) is 1.12. The normalized spacial score (nSPS) is 11.1. The molecule has 1 amide bonds. The predicted octanol–water partition coefficient (Wildman–Crippen LogP) is 2.27. The summed E-state index contributed by atoms with van der Waals surface area (Å²) in [4.78, 5) is 11.4. The first-order valence-electron chi connectivity index (χ1n) is 4.69. The Labute approximate surface area is 84.6 Å². The highest BCUT2D eigenvalue weighted by molar-refractivity contribution is 5.80. The largest absolute Gasteiger partial charge is 0.330 e. The number of nitrogens with one attached hydrogen (secondary N) is 1. The van der Waals surface area contributed by atoms with Crippen molar-refractivity contribution in [3.05, 3.63) is 47.7 Å². The van der Waals surface area contributed by atoms with Crippen molar-refractivity contribution in [2.45, 2.75) is 20.3 Å². The maximum Gasteiger partial charge on any atom is 0.228 e. The lowest BCUT2D eigenvalue weighted by Crippen LogP contribution is -2.22. The maximum atomic E-state index is 11.4. The fraction of sp³-hybridized carbons (Fsp3) is 0.250. The molecule has 0 saturated carbocycles. The van der Waals surface area contributed by atoms with Crippen LogP contribution in [0.5, 0.6) is 0 Å². The number of benzene rings is 1. The Morgan fingerprint density at radius 1 is 1.36 bits per heavy atom. The molecule has 0 atom stereocenters. The molecular weight excluding hydrogens is 174 g/mol. The van der Waals surface area contributed by atoms with Gasteiger partial charge in [0.1, 0.15) is 0 Å². The van der Waals surface area contributed by atoms with E-state index in [1.807, 2.05) is 50.3 Å². The van der Waals surface area contributed by atoms with Gasteiger partial charge in [0.05, 0.1) is 6.42 Å². The predicted molar refractivity (Wildman–Crippen MR) is 57.7 cm³/mol. The number of hydrogen-bond donors (Lipinski definition) is 1. The van der Waals surface area contributed by atoms with Gasteiger partial charge in [-0.1, -0.05) is 36.4 Å². The van der Waals surface area contributed by atoms with Gasteiger partial charge >= 0.3 is 0 Å². The number of allylic oxidation sites excluding steroid dienone is 2. The highest BCUT2D eigenvalue weighted by Gasteiger charge is 2.01. The summed E-state index contributed by atoms with van der Waals surface area (Å²) in [7, 11) is 0. The third kappa shape index (κ3) is 3.44. The Morgan fingerprint density at radius 3 is 2.57 bits per heavy atom. The van der Waals surface area contributed by atoms with Crippen molar-refractivity contribution in [2.75, 3.05) is 0 Å². The van der Waals surface area contributed by atoms with Gasteiger partial charge in [-0.25, -0.2) is 0 Å². The van der Waals surface area contributed by atoms with Gasteiger partial charge < -0.3 is 5.32 Å². The zero-order valence-electron chi connectivity index (χ0n) is 8.58. The van der Waals surface area contributed by atoms with Crippen molar-refractivity contribution in [3.63, 3.8) is 0 Å². The van der Waals surface area contributed by atoms with Crippen molar-refractivity contribution >= 4 is 5.91 Å². The molecule has 0 bridgehead atoms. The molecule has 0 radical (unpaired) electrons. The Morgan fingerprint density at radius 2 is 2.00 bits per heavy atom. The molecule has 1 aromatic rings. The molecular formula is C12H15NO. The Bertz CT molecular complexity index is 327. The van der Waals surface area contributed by atoms with E-state index >= 15 is 0 Å². The molecule has 0 aliphatic rings. The van der Waals surface area contributed by atoms with Gasteiger partial charge in [0, 0.05) is 5.70 Å². The minimum absolute atomic E-state index is 0.0341. The van der Waals surface area contributed by atoms with Crippen LogP contribution < -0.4 is 5.32 Å². The van der Waals surface area contributed by atoms with Crippen LogP contribution in [0.3, 0.4) is 0 Å². The second-order valence-corrected chi connectivity index (χ2v) is 3.18. The number of amides is 1. The van der Waals surface area contributed by atoms with E-state index in [2.05, 4.69) is 5.32 Å². The molecule has 0 unspecified atom stereocenters. The van der Waals surface area contributed by atoms with Crippen LogP contribution in [0, 0.1) is 0 Å². The molecule has 0 heterocycles. The number of carbonyl (C=O) groups excluding carboxylic acids is 1. The molecule has 1 N–H and O–H groups in total. The second-order valence-electron chi connectivity index (χ2n) is 3.18. The van der Waals surface area contributed by atoms with Crippen LogP contribution in [0.4, 0.5) is 0 Å². The number of rotatable bonds is 3. The molecule has 2 heteroatoms. The zero-order chi connectivity index (χ0) is 10.4. The van der Waals surface area contributed by atoms with E-state index in [9.17, 15) is 4.79 Å². The third-order valence-corrected chi connectivity index (χ3v) is 1.98. The Hall–Kier alpha value is -1.57. The molecule has 14 heavy (non-hydrogen) atoms. The summed E-state index contributed by atoms with van der Waals surface area (Å²) in [5.74, 6) is 0.0341. The first-order valence-corrected chi connectivity index (χ1v) is 4.69. The molecule has 0 aliphatic carbocycles. The van der Waals surface area contributed by atoms with Crippen molar-refractivity contribution in [1.82, 2.24) is 5.32 Å². The minimum Gasteiger partial charge on any atom is -0.330 e. The lowest BCUT2D eigenvalue weighted by molar-refractivity contribution is -0.119. The van der Waals surface area contributed by atoms with Crippen molar-refractivity contribution in [1.29, 1.82) is 0 Å². The van der Waals surface area contributed by atoms with E-state index in [0.29, 0.717) is 6.42 Å². The van der Waals surface area contributed by atoms with Crippen LogP contribution in [0.2, 0.25) is 0 Å².